The molecule has 3 aromatic rings. The molecule has 8 nitrogen and oxygen atoms in total. The minimum absolute atomic E-state index is 0.0108. The molecule has 3 fully saturated rings. The molecule has 2 aromatic heterocycles. The number of hydrogen-bond donors (Lipinski definition) is 0. The number of aromatic nitrogens is 4. The summed E-state index contributed by atoms with van der Waals surface area (Å²) in [6.45, 7) is 1.47. The van der Waals surface area contributed by atoms with Crippen molar-refractivity contribution in [2.45, 2.75) is 74.8 Å². The van der Waals surface area contributed by atoms with Crippen molar-refractivity contribution in [3.05, 3.63) is 53.7 Å². The lowest BCUT2D eigenvalue weighted by molar-refractivity contribution is -0.139. The standard InChI is InChI=1S/C28H29Cl2N5O3/c1-16(36)27-20-11-17(4-8-25-31-9-2-10-32-25)3-6-21(20)34(33-27)15-26(38)35-22-12-18(22)13-23(35)24(37)7-5-19-14-28(19,29)30/h2-3,6,9-11,18-19,22-23H,4-5,7-8,12-15H2,1H3/t18-,19+,22-,23+/m1/s1. The molecule has 10 heteroatoms. The number of piperidine rings is 1. The van der Waals surface area contributed by atoms with Crippen LogP contribution in [0.2, 0.25) is 0 Å². The van der Waals surface area contributed by atoms with Gasteiger partial charge >= 0.3 is 0 Å². The highest BCUT2D eigenvalue weighted by molar-refractivity contribution is 6.50. The van der Waals surface area contributed by atoms with Crippen LogP contribution in [0.1, 0.15) is 60.9 Å². The molecule has 0 unspecified atom stereocenters. The molecule has 4 atom stereocenters. The molecule has 2 saturated carbocycles. The number of amides is 1. The molecule has 2 aliphatic carbocycles. The van der Waals surface area contributed by atoms with E-state index in [2.05, 4.69) is 15.1 Å². The average Bonchev–Trinajstić information content (AvgIpc) is 3.69. The summed E-state index contributed by atoms with van der Waals surface area (Å²) >= 11 is 12.3. The number of nitrogens with zero attached hydrogens (tertiary/aromatic N) is 5. The molecule has 1 aliphatic heterocycles. The summed E-state index contributed by atoms with van der Waals surface area (Å²) in [5.41, 5.74) is 2.11. The van der Waals surface area contributed by atoms with Crippen molar-refractivity contribution < 1.29 is 14.4 Å². The highest BCUT2D eigenvalue weighted by Gasteiger charge is 2.56. The first kappa shape index (κ1) is 25.4. The Balaban J connectivity index is 1.18. The van der Waals surface area contributed by atoms with Gasteiger partial charge in [0, 0.05) is 43.6 Å². The van der Waals surface area contributed by atoms with Gasteiger partial charge in [-0.1, -0.05) is 6.07 Å². The second-order valence-electron chi connectivity index (χ2n) is 10.9. The highest BCUT2D eigenvalue weighted by Crippen LogP contribution is 2.55. The van der Waals surface area contributed by atoms with Gasteiger partial charge in [0.1, 0.15) is 22.4 Å². The summed E-state index contributed by atoms with van der Waals surface area (Å²) in [6, 6.07) is 7.38. The fourth-order valence-electron chi connectivity index (χ4n) is 5.86. The van der Waals surface area contributed by atoms with Crippen molar-refractivity contribution in [2.75, 3.05) is 0 Å². The zero-order valence-electron chi connectivity index (χ0n) is 21.1. The monoisotopic (exact) mass is 553 g/mol. The predicted molar refractivity (Wildman–Crippen MR) is 143 cm³/mol. The van der Waals surface area contributed by atoms with E-state index in [4.69, 9.17) is 23.2 Å². The Labute approximate surface area is 230 Å². The van der Waals surface area contributed by atoms with Crippen molar-refractivity contribution in [1.82, 2.24) is 24.6 Å². The summed E-state index contributed by atoms with van der Waals surface area (Å²) in [5.74, 6) is 1.11. The van der Waals surface area contributed by atoms with Gasteiger partial charge in [-0.2, -0.15) is 5.10 Å². The lowest BCUT2D eigenvalue weighted by Gasteiger charge is -2.27. The van der Waals surface area contributed by atoms with Crippen LogP contribution in [-0.4, -0.2) is 58.5 Å². The second-order valence-corrected chi connectivity index (χ2v) is 12.4. The number of benzene rings is 1. The summed E-state index contributed by atoms with van der Waals surface area (Å²) in [6.07, 6.45) is 8.27. The summed E-state index contributed by atoms with van der Waals surface area (Å²) in [4.78, 5) is 49.4. The SMILES string of the molecule is CC(=O)c1nn(CC(=O)N2[C@@H]3C[C@@H]3C[C@H]2C(=O)CC[C@H]2CC2(Cl)Cl)c2ccc(CCc3ncccn3)cc12. The number of rotatable bonds is 10. The third kappa shape index (κ3) is 4.96. The zero-order chi connectivity index (χ0) is 26.6. The van der Waals surface area contributed by atoms with Gasteiger partial charge < -0.3 is 4.90 Å². The first-order valence-electron chi connectivity index (χ1n) is 13.2. The Morgan fingerprint density at radius 1 is 1.11 bits per heavy atom. The number of aryl methyl sites for hydroxylation is 2. The van der Waals surface area contributed by atoms with Crippen LogP contribution in [-0.2, 0) is 29.0 Å². The molecule has 1 aromatic carbocycles. The van der Waals surface area contributed by atoms with E-state index < -0.39 is 10.4 Å². The van der Waals surface area contributed by atoms with Gasteiger partial charge in [0.25, 0.3) is 0 Å². The van der Waals surface area contributed by atoms with Crippen molar-refractivity contribution in [3.63, 3.8) is 0 Å². The Bertz CT molecular complexity index is 1420. The number of carbonyl (C=O) groups excluding carboxylic acids is 3. The van der Waals surface area contributed by atoms with E-state index in [0.717, 1.165) is 41.6 Å². The van der Waals surface area contributed by atoms with E-state index >= 15 is 0 Å². The minimum atomic E-state index is -0.696. The van der Waals surface area contributed by atoms with E-state index in [0.29, 0.717) is 37.3 Å². The predicted octanol–water partition coefficient (Wildman–Crippen LogP) is 4.35. The number of Topliss-reactive ketones (excluding diaryl/α,β-unsaturated/α-hetero) is 2. The van der Waals surface area contributed by atoms with Crippen molar-refractivity contribution in [1.29, 1.82) is 0 Å². The number of ketones is 2. The summed E-state index contributed by atoms with van der Waals surface area (Å²) in [5, 5.41) is 5.26. The number of halogens is 2. The van der Waals surface area contributed by atoms with Gasteiger partial charge in [-0.3, -0.25) is 19.1 Å². The maximum atomic E-state index is 13.5. The Morgan fingerprint density at radius 2 is 1.87 bits per heavy atom. The maximum absolute atomic E-state index is 13.5. The largest absolute Gasteiger partial charge is 0.328 e. The van der Waals surface area contributed by atoms with Crippen molar-refractivity contribution >= 4 is 51.6 Å². The molecule has 3 aliphatic rings. The molecule has 198 valence electrons. The van der Waals surface area contributed by atoms with Crippen LogP contribution in [0.3, 0.4) is 0 Å². The van der Waals surface area contributed by atoms with Gasteiger partial charge in [-0.15, -0.1) is 23.2 Å². The van der Waals surface area contributed by atoms with E-state index in [1.807, 2.05) is 18.2 Å². The van der Waals surface area contributed by atoms with Gasteiger partial charge in [0.15, 0.2) is 11.6 Å². The van der Waals surface area contributed by atoms with Gasteiger partial charge in [-0.05, 0) is 67.7 Å². The quantitative estimate of drug-likeness (QED) is 0.273. The van der Waals surface area contributed by atoms with Crippen LogP contribution in [0.25, 0.3) is 10.9 Å². The third-order valence-electron chi connectivity index (χ3n) is 8.15. The lowest BCUT2D eigenvalue weighted by Crippen LogP contribution is -2.44. The summed E-state index contributed by atoms with van der Waals surface area (Å²) in [7, 11) is 0. The first-order valence-corrected chi connectivity index (χ1v) is 13.9. The van der Waals surface area contributed by atoms with Crippen LogP contribution >= 0.6 is 23.2 Å². The maximum Gasteiger partial charge on any atom is 0.245 e. The molecule has 38 heavy (non-hydrogen) atoms. The number of likely N-dealkylation sites (tertiary alicyclic amines) is 1. The molecule has 0 radical (unpaired) electrons. The van der Waals surface area contributed by atoms with Gasteiger partial charge in [-0.25, -0.2) is 9.97 Å². The second kappa shape index (κ2) is 9.72. The molecule has 1 amide bonds. The first-order chi connectivity index (χ1) is 18.2. The minimum Gasteiger partial charge on any atom is -0.328 e. The van der Waals surface area contributed by atoms with Crippen LogP contribution < -0.4 is 0 Å². The molecule has 6 rings (SSSR count). The Kier molecular flexibility index (Phi) is 6.51. The Morgan fingerprint density at radius 3 is 2.58 bits per heavy atom. The Hall–Kier alpha value is -2.84. The molecular weight excluding hydrogens is 525 g/mol. The fourth-order valence-corrected chi connectivity index (χ4v) is 6.45. The molecule has 1 saturated heterocycles. The fraction of sp³-hybridized carbons (Fsp3) is 0.500. The van der Waals surface area contributed by atoms with Crippen molar-refractivity contribution in [2.24, 2.45) is 11.8 Å². The van der Waals surface area contributed by atoms with Gasteiger partial charge in [0.05, 0.1) is 11.6 Å². The van der Waals surface area contributed by atoms with Crippen LogP contribution in [0, 0.1) is 11.8 Å². The number of hydrogen-bond acceptors (Lipinski definition) is 6. The number of fused-ring (bicyclic) bond motifs is 2. The molecule has 0 bridgehead atoms. The van der Waals surface area contributed by atoms with E-state index in [1.165, 1.54) is 6.92 Å². The van der Waals surface area contributed by atoms with Crippen LogP contribution in [0.5, 0.6) is 0 Å². The number of alkyl halides is 2. The lowest BCUT2D eigenvalue weighted by atomic mass is 10.0. The molecular formula is C28H29Cl2N5O3. The normalized spacial score (nSPS) is 24.9. The van der Waals surface area contributed by atoms with Gasteiger partial charge in [0.2, 0.25) is 5.91 Å². The average molecular weight is 554 g/mol. The molecule has 0 spiro atoms. The smallest absolute Gasteiger partial charge is 0.245 e. The highest BCUT2D eigenvalue weighted by atomic mass is 35.5. The molecule has 0 N–H and O–H groups in total. The third-order valence-corrected chi connectivity index (χ3v) is 9.07. The molecule has 3 heterocycles. The topological polar surface area (TPSA) is 98.1 Å². The summed E-state index contributed by atoms with van der Waals surface area (Å²) < 4.78 is 0.910. The van der Waals surface area contributed by atoms with E-state index in [-0.39, 0.29) is 36.0 Å². The van der Waals surface area contributed by atoms with Crippen molar-refractivity contribution in [3.8, 4) is 0 Å². The van der Waals surface area contributed by atoms with E-state index in [1.54, 1.807) is 28.0 Å². The van der Waals surface area contributed by atoms with Crippen LogP contribution in [0.15, 0.2) is 36.7 Å². The number of carbonyl (C=O) groups is 3. The van der Waals surface area contributed by atoms with E-state index in [9.17, 15) is 14.4 Å². The van der Waals surface area contributed by atoms with Crippen LogP contribution in [0.4, 0.5) is 0 Å². The zero-order valence-corrected chi connectivity index (χ0v) is 22.7.